The van der Waals surface area contributed by atoms with Crippen LogP contribution in [0.3, 0.4) is 0 Å². The zero-order valence-electron chi connectivity index (χ0n) is 12.3. The Labute approximate surface area is 115 Å². The van der Waals surface area contributed by atoms with Gasteiger partial charge in [-0.3, -0.25) is 0 Å². The minimum absolute atomic E-state index is 0.273. The van der Waals surface area contributed by atoms with Crippen molar-refractivity contribution in [2.45, 2.75) is 39.5 Å². The van der Waals surface area contributed by atoms with Crippen LogP contribution in [0.25, 0.3) is 0 Å². The van der Waals surface area contributed by atoms with E-state index in [1.54, 1.807) is 7.11 Å². The van der Waals surface area contributed by atoms with Gasteiger partial charge in [0.1, 0.15) is 0 Å². The second kappa shape index (κ2) is 4.16. The number of benzene rings is 1. The molecule has 0 saturated heterocycles. The van der Waals surface area contributed by atoms with Crippen LogP contribution < -0.4 is 4.74 Å². The molecule has 0 heterocycles. The number of phenols is 1. The highest BCUT2D eigenvalue weighted by atomic mass is 16.5. The molecule has 1 aromatic carbocycles. The zero-order chi connectivity index (χ0) is 13.8. The maximum Gasteiger partial charge on any atom is 0.160 e. The number of ether oxygens (including phenoxy) is 1. The third-order valence-corrected chi connectivity index (χ3v) is 6.11. The summed E-state index contributed by atoms with van der Waals surface area (Å²) in [6.07, 6.45) is 2.62. The maximum atomic E-state index is 9.97. The van der Waals surface area contributed by atoms with Crippen molar-refractivity contribution >= 4 is 0 Å². The second-order valence-electron chi connectivity index (χ2n) is 6.98. The van der Waals surface area contributed by atoms with Crippen LogP contribution in [-0.2, 0) is 0 Å². The maximum absolute atomic E-state index is 9.97. The van der Waals surface area contributed by atoms with E-state index in [9.17, 15) is 5.11 Å². The van der Waals surface area contributed by atoms with E-state index in [4.69, 9.17) is 4.74 Å². The number of methoxy groups -OCH3 is 1. The minimum Gasteiger partial charge on any atom is -0.504 e. The summed E-state index contributed by atoms with van der Waals surface area (Å²) in [7, 11) is 1.59. The molecule has 104 valence electrons. The molecule has 0 amide bonds. The van der Waals surface area contributed by atoms with E-state index in [-0.39, 0.29) is 5.75 Å². The van der Waals surface area contributed by atoms with Crippen molar-refractivity contribution in [3.63, 3.8) is 0 Å². The lowest BCUT2D eigenvalue weighted by Crippen LogP contribution is -2.32. The number of aromatic hydroxyl groups is 1. The lowest BCUT2D eigenvalue weighted by Gasteiger charge is -2.40. The molecule has 2 heteroatoms. The Morgan fingerprint density at radius 2 is 2.00 bits per heavy atom. The fourth-order valence-electron chi connectivity index (χ4n) is 4.47. The monoisotopic (exact) mass is 260 g/mol. The Balaban J connectivity index is 1.88. The Kier molecular flexibility index (Phi) is 2.81. The van der Waals surface area contributed by atoms with Crippen LogP contribution in [0.4, 0.5) is 0 Å². The first kappa shape index (κ1) is 12.8. The second-order valence-corrected chi connectivity index (χ2v) is 6.98. The van der Waals surface area contributed by atoms with Crippen LogP contribution in [0.15, 0.2) is 18.2 Å². The third-order valence-electron chi connectivity index (χ3n) is 6.11. The van der Waals surface area contributed by atoms with E-state index in [1.807, 2.05) is 12.1 Å². The SMILES string of the molecule is COc1ccc([C@@H]2C[C@@H]3C[C@H]2[C@@H](C)C3(C)C)cc1O. The van der Waals surface area contributed by atoms with E-state index in [2.05, 4.69) is 26.8 Å². The van der Waals surface area contributed by atoms with Crippen molar-refractivity contribution in [2.75, 3.05) is 7.11 Å². The quantitative estimate of drug-likeness (QED) is 0.864. The van der Waals surface area contributed by atoms with Gasteiger partial charge in [0.15, 0.2) is 11.5 Å². The van der Waals surface area contributed by atoms with Gasteiger partial charge in [0.25, 0.3) is 0 Å². The predicted octanol–water partition coefficient (Wildman–Crippen LogP) is 4.19. The number of hydrogen-bond acceptors (Lipinski definition) is 2. The first-order valence-corrected chi connectivity index (χ1v) is 7.32. The Morgan fingerprint density at radius 1 is 1.26 bits per heavy atom. The van der Waals surface area contributed by atoms with E-state index >= 15 is 0 Å². The molecule has 2 saturated carbocycles. The Hall–Kier alpha value is -1.18. The molecule has 0 radical (unpaired) electrons. The van der Waals surface area contributed by atoms with Gasteiger partial charge >= 0.3 is 0 Å². The van der Waals surface area contributed by atoms with Gasteiger partial charge in [0, 0.05) is 0 Å². The van der Waals surface area contributed by atoms with Gasteiger partial charge in [-0.05, 0) is 59.6 Å². The molecule has 19 heavy (non-hydrogen) atoms. The first-order chi connectivity index (χ1) is 8.95. The molecule has 2 fully saturated rings. The molecule has 2 aliphatic carbocycles. The average Bonchev–Trinajstić information content (AvgIpc) is 2.90. The average molecular weight is 260 g/mol. The highest BCUT2D eigenvalue weighted by Gasteiger charge is 2.55. The number of phenolic OH excluding ortho intramolecular Hbond substituents is 1. The number of hydrogen-bond donors (Lipinski definition) is 1. The van der Waals surface area contributed by atoms with Gasteiger partial charge in [-0.2, -0.15) is 0 Å². The standard InChI is InChI=1S/C17H24O2/c1-10-13-8-12(17(10,2)3)9-14(13)11-5-6-16(19-4)15(18)7-11/h5-7,10,12-14,18H,8-9H2,1-4H3/t10-,12+,13+,14+/m1/s1. The van der Waals surface area contributed by atoms with Gasteiger partial charge in [-0.15, -0.1) is 0 Å². The molecule has 0 unspecified atom stereocenters. The Morgan fingerprint density at radius 3 is 2.53 bits per heavy atom. The summed E-state index contributed by atoms with van der Waals surface area (Å²) < 4.78 is 5.13. The predicted molar refractivity (Wildman–Crippen MR) is 76.6 cm³/mol. The molecule has 2 aliphatic rings. The van der Waals surface area contributed by atoms with Crippen molar-refractivity contribution in [1.29, 1.82) is 0 Å². The lowest BCUT2D eigenvalue weighted by atomic mass is 9.65. The van der Waals surface area contributed by atoms with Crippen LogP contribution in [0.1, 0.15) is 45.1 Å². The highest BCUT2D eigenvalue weighted by Crippen LogP contribution is 2.64. The zero-order valence-corrected chi connectivity index (χ0v) is 12.3. The van der Waals surface area contributed by atoms with Gasteiger partial charge in [-0.25, -0.2) is 0 Å². The first-order valence-electron chi connectivity index (χ1n) is 7.32. The summed E-state index contributed by atoms with van der Waals surface area (Å²) in [5.41, 5.74) is 1.77. The van der Waals surface area contributed by atoms with Crippen LogP contribution >= 0.6 is 0 Å². The molecular weight excluding hydrogens is 236 g/mol. The third kappa shape index (κ3) is 1.76. The molecule has 0 aliphatic heterocycles. The summed E-state index contributed by atoms with van der Waals surface area (Å²) in [6.45, 7) is 7.24. The molecule has 4 atom stereocenters. The molecule has 1 aromatic rings. The fourth-order valence-corrected chi connectivity index (χ4v) is 4.47. The smallest absolute Gasteiger partial charge is 0.160 e. The van der Waals surface area contributed by atoms with Crippen molar-refractivity contribution in [3.8, 4) is 11.5 Å². The van der Waals surface area contributed by atoms with E-state index < -0.39 is 0 Å². The Bertz CT molecular complexity index is 488. The molecular formula is C17H24O2. The molecule has 1 N–H and O–H groups in total. The normalized spacial score (nSPS) is 35.6. The van der Waals surface area contributed by atoms with E-state index in [1.165, 1.54) is 18.4 Å². The molecule has 2 nitrogen and oxygen atoms in total. The van der Waals surface area contributed by atoms with Crippen LogP contribution in [-0.4, -0.2) is 12.2 Å². The summed E-state index contributed by atoms with van der Waals surface area (Å²) in [6, 6.07) is 5.93. The van der Waals surface area contributed by atoms with Crippen molar-refractivity contribution in [3.05, 3.63) is 23.8 Å². The molecule has 2 bridgehead atoms. The van der Waals surface area contributed by atoms with Crippen molar-refractivity contribution in [1.82, 2.24) is 0 Å². The van der Waals surface area contributed by atoms with Crippen LogP contribution in [0, 0.1) is 23.2 Å². The van der Waals surface area contributed by atoms with E-state index in [0.29, 0.717) is 17.1 Å². The molecule has 3 rings (SSSR count). The summed E-state index contributed by atoms with van der Waals surface area (Å²) in [4.78, 5) is 0. The summed E-state index contributed by atoms with van der Waals surface area (Å²) >= 11 is 0. The van der Waals surface area contributed by atoms with Crippen molar-refractivity contribution in [2.24, 2.45) is 23.2 Å². The van der Waals surface area contributed by atoms with Gasteiger partial charge in [-0.1, -0.05) is 26.8 Å². The van der Waals surface area contributed by atoms with Crippen LogP contribution in [0.2, 0.25) is 0 Å². The lowest BCUT2D eigenvalue weighted by molar-refractivity contribution is 0.122. The van der Waals surface area contributed by atoms with Crippen molar-refractivity contribution < 1.29 is 9.84 Å². The largest absolute Gasteiger partial charge is 0.504 e. The molecule has 0 aromatic heterocycles. The fraction of sp³-hybridized carbons (Fsp3) is 0.647. The van der Waals surface area contributed by atoms with Crippen LogP contribution in [0.5, 0.6) is 11.5 Å². The van der Waals surface area contributed by atoms with E-state index in [0.717, 1.165) is 17.8 Å². The van der Waals surface area contributed by atoms with Gasteiger partial charge < -0.3 is 9.84 Å². The summed E-state index contributed by atoms with van der Waals surface area (Å²) in [5, 5.41) is 9.97. The molecule has 0 spiro atoms. The summed E-state index contributed by atoms with van der Waals surface area (Å²) in [5.74, 6) is 3.83. The highest BCUT2D eigenvalue weighted by molar-refractivity contribution is 5.43. The number of fused-ring (bicyclic) bond motifs is 2. The van der Waals surface area contributed by atoms with Gasteiger partial charge in [0.2, 0.25) is 0 Å². The van der Waals surface area contributed by atoms with Gasteiger partial charge in [0.05, 0.1) is 7.11 Å². The topological polar surface area (TPSA) is 29.5 Å². The number of rotatable bonds is 2. The minimum atomic E-state index is 0.273.